The molecule has 32 heavy (non-hydrogen) atoms. The highest BCUT2D eigenvalue weighted by atomic mass is 35.5. The number of hydrogen-bond donors (Lipinski definition) is 1. The summed E-state index contributed by atoms with van der Waals surface area (Å²) in [5.41, 5.74) is 0.478. The van der Waals surface area contributed by atoms with Gasteiger partial charge in [-0.25, -0.2) is 0 Å². The van der Waals surface area contributed by atoms with Gasteiger partial charge in [0.1, 0.15) is 18.4 Å². The highest BCUT2D eigenvalue weighted by Crippen LogP contribution is 2.37. The van der Waals surface area contributed by atoms with Crippen molar-refractivity contribution in [3.63, 3.8) is 0 Å². The molecule has 3 rings (SSSR count). The Morgan fingerprint density at radius 3 is 2.56 bits per heavy atom. The van der Waals surface area contributed by atoms with Crippen LogP contribution in [0.25, 0.3) is 11.5 Å². The molecule has 0 aliphatic heterocycles. The Morgan fingerprint density at radius 2 is 1.81 bits per heavy atom. The largest absolute Gasteiger partial charge is 0.489 e. The van der Waals surface area contributed by atoms with Crippen molar-refractivity contribution in [3.05, 3.63) is 51.4 Å². The topological polar surface area (TPSA) is 115 Å². The summed E-state index contributed by atoms with van der Waals surface area (Å²) in [6.07, 6.45) is 3.09. The molecule has 0 saturated heterocycles. The van der Waals surface area contributed by atoms with Crippen LogP contribution in [0.3, 0.4) is 0 Å². The van der Waals surface area contributed by atoms with Crippen molar-refractivity contribution in [2.45, 2.75) is 0 Å². The molecule has 0 radical (unpaired) electrons. The van der Waals surface area contributed by atoms with E-state index in [0.29, 0.717) is 55.9 Å². The van der Waals surface area contributed by atoms with Gasteiger partial charge in [0.15, 0.2) is 0 Å². The van der Waals surface area contributed by atoms with Crippen LogP contribution in [0.1, 0.15) is 5.69 Å². The van der Waals surface area contributed by atoms with Gasteiger partial charge < -0.3 is 23.9 Å². The first-order chi connectivity index (χ1) is 15.6. The van der Waals surface area contributed by atoms with Crippen LogP contribution >= 0.6 is 34.8 Å². The summed E-state index contributed by atoms with van der Waals surface area (Å²) < 4.78 is 22.0. The molecule has 0 bridgehead atoms. The summed E-state index contributed by atoms with van der Waals surface area (Å²) in [6, 6.07) is 6.76. The molecular formula is C20H18Cl3N5O4. The molecule has 0 spiro atoms. The van der Waals surface area contributed by atoms with E-state index in [1.54, 1.807) is 18.3 Å². The van der Waals surface area contributed by atoms with Crippen LogP contribution in [0, 0.1) is 11.3 Å². The third-order valence-electron chi connectivity index (χ3n) is 3.91. The summed E-state index contributed by atoms with van der Waals surface area (Å²) in [7, 11) is 0. The standard InChI is InChI=1S/C20H18Cl3N5O4/c21-13-9-15(18(23)16(22)10-13)19-28-17(11-24)20(32-19)25-3-4-29-5-6-30-7-8-31-14-1-2-26-27-12-14/h1-2,9-10,12,25H,3-8H2. The second kappa shape index (κ2) is 12.4. The molecule has 9 nitrogen and oxygen atoms in total. The van der Waals surface area contributed by atoms with Gasteiger partial charge in [0, 0.05) is 17.6 Å². The number of nitrogens with zero attached hydrogens (tertiary/aromatic N) is 4. The first-order valence-electron chi connectivity index (χ1n) is 9.43. The Bertz CT molecular complexity index is 1060. The molecule has 168 valence electrons. The summed E-state index contributed by atoms with van der Waals surface area (Å²) in [6.45, 7) is 2.41. The van der Waals surface area contributed by atoms with E-state index in [1.165, 1.54) is 12.3 Å². The van der Waals surface area contributed by atoms with Crippen molar-refractivity contribution in [2.24, 2.45) is 0 Å². The maximum atomic E-state index is 9.31. The van der Waals surface area contributed by atoms with Crippen molar-refractivity contribution >= 4 is 40.7 Å². The summed E-state index contributed by atoms with van der Waals surface area (Å²) >= 11 is 18.3. The number of oxazole rings is 1. The van der Waals surface area contributed by atoms with Gasteiger partial charge in [-0.15, -0.1) is 0 Å². The van der Waals surface area contributed by atoms with Gasteiger partial charge >= 0.3 is 0 Å². The lowest BCUT2D eigenvalue weighted by molar-refractivity contribution is 0.0393. The molecule has 0 fully saturated rings. The fourth-order valence-electron chi connectivity index (χ4n) is 2.48. The number of halogens is 3. The monoisotopic (exact) mass is 497 g/mol. The Labute approximate surface area is 199 Å². The minimum Gasteiger partial charge on any atom is -0.489 e. The number of anilines is 1. The molecule has 1 N–H and O–H groups in total. The number of ether oxygens (including phenoxy) is 3. The average molecular weight is 499 g/mol. The Kier molecular flexibility index (Phi) is 9.34. The molecule has 0 aliphatic carbocycles. The van der Waals surface area contributed by atoms with Crippen molar-refractivity contribution < 1.29 is 18.6 Å². The van der Waals surface area contributed by atoms with Gasteiger partial charge in [-0.3, -0.25) is 0 Å². The van der Waals surface area contributed by atoms with Crippen LogP contribution < -0.4 is 10.1 Å². The fourth-order valence-corrected chi connectivity index (χ4v) is 3.17. The van der Waals surface area contributed by atoms with Gasteiger partial charge in [-0.1, -0.05) is 34.8 Å². The third-order valence-corrected chi connectivity index (χ3v) is 4.93. The zero-order chi connectivity index (χ0) is 22.8. The number of benzene rings is 1. The lowest BCUT2D eigenvalue weighted by atomic mass is 10.2. The summed E-state index contributed by atoms with van der Waals surface area (Å²) in [5.74, 6) is 0.980. The molecule has 0 unspecified atom stereocenters. The quantitative estimate of drug-likeness (QED) is 0.285. The molecule has 2 heterocycles. The summed E-state index contributed by atoms with van der Waals surface area (Å²) in [4.78, 5) is 4.15. The van der Waals surface area contributed by atoms with Crippen LogP contribution in [0.4, 0.5) is 5.88 Å². The van der Waals surface area contributed by atoms with Crippen LogP contribution in [-0.4, -0.2) is 54.8 Å². The molecular weight excluding hydrogens is 481 g/mol. The van der Waals surface area contributed by atoms with Crippen molar-refractivity contribution in [1.82, 2.24) is 15.2 Å². The Balaban J connectivity index is 1.36. The minimum absolute atomic E-state index is 0.0832. The average Bonchev–Trinajstić information content (AvgIpc) is 3.21. The van der Waals surface area contributed by atoms with Gasteiger partial charge in [-0.2, -0.15) is 20.4 Å². The van der Waals surface area contributed by atoms with E-state index in [9.17, 15) is 5.26 Å². The maximum absolute atomic E-state index is 9.31. The highest BCUT2D eigenvalue weighted by molar-refractivity contribution is 6.44. The molecule has 3 aromatic rings. The van der Waals surface area contributed by atoms with E-state index in [4.69, 9.17) is 53.4 Å². The number of aromatic nitrogens is 3. The zero-order valence-corrected chi connectivity index (χ0v) is 19.0. The molecule has 12 heteroatoms. The van der Waals surface area contributed by atoms with Crippen molar-refractivity contribution in [2.75, 3.05) is 44.9 Å². The first kappa shape index (κ1) is 24.0. The van der Waals surface area contributed by atoms with E-state index in [-0.39, 0.29) is 27.5 Å². The number of hydrogen-bond acceptors (Lipinski definition) is 9. The smallest absolute Gasteiger partial charge is 0.232 e. The Hall–Kier alpha value is -2.61. The van der Waals surface area contributed by atoms with E-state index >= 15 is 0 Å². The predicted octanol–water partition coefficient (Wildman–Crippen LogP) is 4.49. The predicted molar refractivity (Wildman–Crippen MR) is 119 cm³/mol. The van der Waals surface area contributed by atoms with E-state index in [2.05, 4.69) is 20.5 Å². The van der Waals surface area contributed by atoms with E-state index in [1.807, 2.05) is 6.07 Å². The number of nitrogens with one attached hydrogen (secondary N) is 1. The highest BCUT2D eigenvalue weighted by Gasteiger charge is 2.18. The van der Waals surface area contributed by atoms with E-state index in [0.717, 1.165) is 0 Å². The van der Waals surface area contributed by atoms with Crippen LogP contribution in [0.15, 0.2) is 35.0 Å². The molecule has 1 aromatic carbocycles. The van der Waals surface area contributed by atoms with Gasteiger partial charge in [0.05, 0.1) is 54.4 Å². The number of nitriles is 1. The van der Waals surface area contributed by atoms with Crippen LogP contribution in [0.5, 0.6) is 5.75 Å². The van der Waals surface area contributed by atoms with Gasteiger partial charge in [0.25, 0.3) is 0 Å². The van der Waals surface area contributed by atoms with Crippen LogP contribution in [-0.2, 0) is 9.47 Å². The normalized spacial score (nSPS) is 10.7. The Morgan fingerprint density at radius 1 is 1.03 bits per heavy atom. The number of rotatable bonds is 12. The van der Waals surface area contributed by atoms with Crippen molar-refractivity contribution in [1.29, 1.82) is 5.26 Å². The summed E-state index contributed by atoms with van der Waals surface area (Å²) in [5, 5.41) is 20.5. The lowest BCUT2D eigenvalue weighted by Crippen LogP contribution is -2.14. The van der Waals surface area contributed by atoms with Gasteiger partial charge in [0.2, 0.25) is 17.5 Å². The maximum Gasteiger partial charge on any atom is 0.232 e. The second-order valence-corrected chi connectivity index (χ2v) is 7.36. The second-order valence-electron chi connectivity index (χ2n) is 6.14. The van der Waals surface area contributed by atoms with E-state index < -0.39 is 0 Å². The molecule has 2 aromatic heterocycles. The lowest BCUT2D eigenvalue weighted by Gasteiger charge is -2.07. The molecule has 0 saturated carbocycles. The zero-order valence-electron chi connectivity index (χ0n) is 16.7. The first-order valence-corrected chi connectivity index (χ1v) is 10.6. The SMILES string of the molecule is N#Cc1nc(-c2cc(Cl)cc(Cl)c2Cl)oc1NCCOCCOCCOc1ccnnc1. The fraction of sp³-hybridized carbons (Fsp3) is 0.300. The van der Waals surface area contributed by atoms with Crippen molar-refractivity contribution in [3.8, 4) is 23.3 Å². The third kappa shape index (κ3) is 6.95. The molecule has 0 atom stereocenters. The minimum atomic E-state index is 0.0832. The molecule has 0 amide bonds. The van der Waals surface area contributed by atoms with Crippen LogP contribution in [0.2, 0.25) is 15.1 Å². The molecule has 0 aliphatic rings. The van der Waals surface area contributed by atoms with Gasteiger partial charge in [-0.05, 0) is 12.1 Å².